The molecule has 1 atom stereocenters. The van der Waals surface area contributed by atoms with Crippen LogP contribution in [-0.2, 0) is 0 Å². The monoisotopic (exact) mass is 241 g/mol. The van der Waals surface area contributed by atoms with Gasteiger partial charge in [-0.05, 0) is 30.5 Å². The van der Waals surface area contributed by atoms with E-state index >= 15 is 0 Å². The van der Waals surface area contributed by atoms with E-state index in [1.165, 1.54) is 17.2 Å². The van der Waals surface area contributed by atoms with Gasteiger partial charge in [-0.2, -0.15) is 0 Å². The van der Waals surface area contributed by atoms with Crippen LogP contribution >= 0.6 is 0 Å². The number of hydrogen-bond donors (Lipinski definition) is 1. The average molecular weight is 241 g/mol. The maximum atomic E-state index is 13.8. The number of hydrogen-bond acceptors (Lipinski definition) is 1. The predicted octanol–water partition coefficient (Wildman–Crippen LogP) is 4.08. The number of aryl methyl sites for hydroxylation is 1. The van der Waals surface area contributed by atoms with E-state index in [1.54, 1.807) is 6.07 Å². The first-order valence-electron chi connectivity index (χ1n) is 6.34. The van der Waals surface area contributed by atoms with Gasteiger partial charge in [-0.15, -0.1) is 0 Å². The Morgan fingerprint density at radius 1 is 1.17 bits per heavy atom. The van der Waals surface area contributed by atoms with Crippen molar-refractivity contribution in [2.24, 2.45) is 0 Å². The SMILES string of the molecule is Cc1cccc(C2CCNc3c(F)cccc32)c1. The molecule has 92 valence electrons. The zero-order valence-electron chi connectivity index (χ0n) is 10.4. The van der Waals surface area contributed by atoms with Gasteiger partial charge in [0.15, 0.2) is 0 Å². The molecule has 1 nitrogen and oxygen atoms in total. The molecular weight excluding hydrogens is 225 g/mol. The van der Waals surface area contributed by atoms with E-state index in [4.69, 9.17) is 0 Å². The lowest BCUT2D eigenvalue weighted by Crippen LogP contribution is -2.18. The fraction of sp³-hybridized carbons (Fsp3) is 0.250. The minimum absolute atomic E-state index is 0.148. The number of fused-ring (bicyclic) bond motifs is 1. The number of benzene rings is 2. The van der Waals surface area contributed by atoms with Crippen molar-refractivity contribution in [3.63, 3.8) is 0 Å². The quantitative estimate of drug-likeness (QED) is 0.793. The van der Waals surface area contributed by atoms with Crippen LogP contribution in [0.25, 0.3) is 0 Å². The lowest BCUT2D eigenvalue weighted by atomic mass is 9.84. The van der Waals surface area contributed by atoms with Gasteiger partial charge in [-0.3, -0.25) is 0 Å². The second-order valence-electron chi connectivity index (χ2n) is 4.89. The van der Waals surface area contributed by atoms with Gasteiger partial charge >= 0.3 is 0 Å². The Balaban J connectivity index is 2.09. The van der Waals surface area contributed by atoms with Gasteiger partial charge in [0.05, 0.1) is 5.69 Å². The van der Waals surface area contributed by atoms with E-state index in [1.807, 2.05) is 6.07 Å². The lowest BCUT2D eigenvalue weighted by molar-refractivity contribution is 0.614. The molecule has 2 aromatic carbocycles. The summed E-state index contributed by atoms with van der Waals surface area (Å²) < 4.78 is 13.8. The number of anilines is 1. The zero-order chi connectivity index (χ0) is 12.5. The van der Waals surface area contributed by atoms with Crippen molar-refractivity contribution < 1.29 is 4.39 Å². The molecule has 1 aliphatic heterocycles. The molecule has 0 spiro atoms. The van der Waals surface area contributed by atoms with Crippen molar-refractivity contribution in [1.29, 1.82) is 0 Å². The zero-order valence-corrected chi connectivity index (χ0v) is 10.4. The van der Waals surface area contributed by atoms with Gasteiger partial charge in [0, 0.05) is 12.5 Å². The minimum atomic E-state index is -0.148. The van der Waals surface area contributed by atoms with E-state index in [0.29, 0.717) is 11.6 Å². The molecule has 1 N–H and O–H groups in total. The third kappa shape index (κ3) is 1.88. The van der Waals surface area contributed by atoms with Crippen LogP contribution in [0.4, 0.5) is 10.1 Å². The fourth-order valence-corrected chi connectivity index (χ4v) is 2.75. The van der Waals surface area contributed by atoms with Gasteiger partial charge in [-0.25, -0.2) is 4.39 Å². The van der Waals surface area contributed by atoms with Gasteiger partial charge in [-0.1, -0.05) is 42.0 Å². The van der Waals surface area contributed by atoms with Crippen molar-refractivity contribution >= 4 is 5.69 Å². The third-order valence-electron chi connectivity index (χ3n) is 3.60. The molecular formula is C16H16FN. The Bertz CT molecular complexity index is 577. The molecule has 0 saturated carbocycles. The molecule has 0 aromatic heterocycles. The molecule has 0 bridgehead atoms. The number of halogens is 1. The molecule has 2 aromatic rings. The Labute approximate surface area is 107 Å². The summed E-state index contributed by atoms with van der Waals surface area (Å²) in [6, 6.07) is 13.8. The highest BCUT2D eigenvalue weighted by Gasteiger charge is 2.23. The normalized spacial score (nSPS) is 18.0. The van der Waals surface area contributed by atoms with Gasteiger partial charge in [0.2, 0.25) is 0 Å². The van der Waals surface area contributed by atoms with Crippen LogP contribution < -0.4 is 5.32 Å². The minimum Gasteiger partial charge on any atom is -0.382 e. The molecule has 0 amide bonds. The largest absolute Gasteiger partial charge is 0.382 e. The third-order valence-corrected chi connectivity index (χ3v) is 3.60. The van der Waals surface area contributed by atoms with E-state index in [9.17, 15) is 4.39 Å². The molecule has 2 heteroatoms. The van der Waals surface area contributed by atoms with Crippen molar-refractivity contribution in [2.75, 3.05) is 11.9 Å². The second-order valence-corrected chi connectivity index (χ2v) is 4.89. The Hall–Kier alpha value is -1.83. The molecule has 0 aliphatic carbocycles. The van der Waals surface area contributed by atoms with E-state index in [-0.39, 0.29) is 5.82 Å². The van der Waals surface area contributed by atoms with E-state index < -0.39 is 0 Å². The molecule has 3 rings (SSSR count). The van der Waals surface area contributed by atoms with Crippen LogP contribution in [0.1, 0.15) is 29.0 Å². The molecule has 1 heterocycles. The maximum Gasteiger partial charge on any atom is 0.146 e. The van der Waals surface area contributed by atoms with Crippen LogP contribution in [0, 0.1) is 12.7 Å². The topological polar surface area (TPSA) is 12.0 Å². The van der Waals surface area contributed by atoms with Crippen LogP contribution in [-0.4, -0.2) is 6.54 Å². The van der Waals surface area contributed by atoms with Gasteiger partial charge in [0.1, 0.15) is 5.82 Å². The van der Waals surface area contributed by atoms with Crippen LogP contribution in [0.2, 0.25) is 0 Å². The summed E-state index contributed by atoms with van der Waals surface area (Å²) in [5.74, 6) is 0.154. The van der Waals surface area contributed by atoms with Crippen LogP contribution in [0.3, 0.4) is 0 Å². The highest BCUT2D eigenvalue weighted by Crippen LogP contribution is 2.37. The Morgan fingerprint density at radius 2 is 2.00 bits per heavy atom. The first-order valence-corrected chi connectivity index (χ1v) is 6.34. The van der Waals surface area contributed by atoms with Crippen molar-refractivity contribution in [3.05, 3.63) is 65.0 Å². The summed E-state index contributed by atoms with van der Waals surface area (Å²) in [4.78, 5) is 0. The Kier molecular flexibility index (Phi) is 2.78. The smallest absolute Gasteiger partial charge is 0.146 e. The highest BCUT2D eigenvalue weighted by atomic mass is 19.1. The first-order chi connectivity index (χ1) is 8.75. The Morgan fingerprint density at radius 3 is 2.83 bits per heavy atom. The fourth-order valence-electron chi connectivity index (χ4n) is 2.75. The first kappa shape index (κ1) is 11.3. The second kappa shape index (κ2) is 4.45. The molecule has 1 unspecified atom stereocenters. The van der Waals surface area contributed by atoms with E-state index in [2.05, 4.69) is 36.5 Å². The van der Waals surface area contributed by atoms with Crippen molar-refractivity contribution in [3.8, 4) is 0 Å². The molecule has 18 heavy (non-hydrogen) atoms. The number of rotatable bonds is 1. The number of nitrogens with one attached hydrogen (secondary N) is 1. The molecule has 0 radical (unpaired) electrons. The van der Waals surface area contributed by atoms with Crippen molar-refractivity contribution in [1.82, 2.24) is 0 Å². The molecule has 1 aliphatic rings. The lowest BCUT2D eigenvalue weighted by Gasteiger charge is -2.27. The summed E-state index contributed by atoms with van der Waals surface area (Å²) in [6.45, 7) is 2.92. The summed E-state index contributed by atoms with van der Waals surface area (Å²) in [5.41, 5.74) is 4.29. The molecule has 0 fully saturated rings. The summed E-state index contributed by atoms with van der Waals surface area (Å²) in [7, 11) is 0. The van der Waals surface area contributed by atoms with Crippen LogP contribution in [0.5, 0.6) is 0 Å². The number of para-hydroxylation sites is 1. The van der Waals surface area contributed by atoms with Crippen LogP contribution in [0.15, 0.2) is 42.5 Å². The molecule has 0 saturated heterocycles. The average Bonchev–Trinajstić information content (AvgIpc) is 2.39. The summed E-state index contributed by atoms with van der Waals surface area (Å²) in [6.07, 6.45) is 1.01. The van der Waals surface area contributed by atoms with Gasteiger partial charge in [0.25, 0.3) is 0 Å². The standard InChI is InChI=1S/C16H16FN/c1-11-4-2-5-12(10-11)13-8-9-18-16-14(13)6-3-7-15(16)17/h2-7,10,13,18H,8-9H2,1H3. The summed E-state index contributed by atoms with van der Waals surface area (Å²) in [5, 5.41) is 3.17. The van der Waals surface area contributed by atoms with E-state index in [0.717, 1.165) is 18.5 Å². The maximum absolute atomic E-state index is 13.8. The highest BCUT2D eigenvalue weighted by molar-refractivity contribution is 5.58. The summed E-state index contributed by atoms with van der Waals surface area (Å²) >= 11 is 0. The van der Waals surface area contributed by atoms with Gasteiger partial charge < -0.3 is 5.32 Å². The van der Waals surface area contributed by atoms with Crippen molar-refractivity contribution in [2.45, 2.75) is 19.3 Å². The predicted molar refractivity (Wildman–Crippen MR) is 72.5 cm³/mol.